The van der Waals surface area contributed by atoms with Gasteiger partial charge in [-0.25, -0.2) is 0 Å². The fourth-order valence-electron chi connectivity index (χ4n) is 2.01. The van der Waals surface area contributed by atoms with Crippen molar-refractivity contribution in [2.75, 3.05) is 13.1 Å². The summed E-state index contributed by atoms with van der Waals surface area (Å²) in [5.74, 6) is 0.354. The first-order chi connectivity index (χ1) is 5.64. The van der Waals surface area contributed by atoms with E-state index in [1.165, 1.54) is 0 Å². The summed E-state index contributed by atoms with van der Waals surface area (Å²) in [6.45, 7) is 1.09. The minimum absolute atomic E-state index is 0.0266. The molecular formula is C8H20N4. The zero-order chi connectivity index (χ0) is 9.19. The third-order valence-corrected chi connectivity index (χ3v) is 3.07. The average Bonchev–Trinajstić information content (AvgIpc) is 2.10. The lowest BCUT2D eigenvalue weighted by atomic mass is 9.72. The average molecular weight is 172 g/mol. The van der Waals surface area contributed by atoms with Crippen molar-refractivity contribution in [3.8, 4) is 0 Å². The molecule has 1 saturated carbocycles. The van der Waals surface area contributed by atoms with Gasteiger partial charge in [0.1, 0.15) is 0 Å². The van der Waals surface area contributed by atoms with Gasteiger partial charge >= 0.3 is 0 Å². The number of rotatable bonds is 2. The molecule has 4 nitrogen and oxygen atoms in total. The van der Waals surface area contributed by atoms with E-state index in [1.807, 2.05) is 0 Å². The predicted octanol–water partition coefficient (Wildman–Crippen LogP) is -1.27. The predicted molar refractivity (Wildman–Crippen MR) is 50.3 cm³/mol. The summed E-state index contributed by atoms with van der Waals surface area (Å²) in [5, 5.41) is 0. The SMILES string of the molecule is NCC1CCCC(N)(CN)C1N. The molecule has 1 aliphatic rings. The minimum Gasteiger partial charge on any atom is -0.330 e. The normalized spacial score (nSPS) is 43.0. The van der Waals surface area contributed by atoms with Crippen molar-refractivity contribution in [3.05, 3.63) is 0 Å². The highest BCUT2D eigenvalue weighted by atomic mass is 14.9. The summed E-state index contributed by atoms with van der Waals surface area (Å²) in [4.78, 5) is 0. The first-order valence-corrected chi connectivity index (χ1v) is 4.58. The van der Waals surface area contributed by atoms with Crippen LogP contribution in [0.1, 0.15) is 19.3 Å². The monoisotopic (exact) mass is 172 g/mol. The molecule has 1 rings (SSSR count). The van der Waals surface area contributed by atoms with Gasteiger partial charge in [-0.1, -0.05) is 6.42 Å². The molecule has 0 amide bonds. The van der Waals surface area contributed by atoms with Gasteiger partial charge in [0, 0.05) is 18.1 Å². The molecule has 1 fully saturated rings. The molecule has 0 aromatic heterocycles. The van der Waals surface area contributed by atoms with Gasteiger partial charge in [-0.15, -0.1) is 0 Å². The third kappa shape index (κ3) is 1.61. The van der Waals surface area contributed by atoms with E-state index in [1.54, 1.807) is 0 Å². The van der Waals surface area contributed by atoms with Crippen LogP contribution < -0.4 is 22.9 Å². The van der Waals surface area contributed by atoms with Gasteiger partial charge in [0.05, 0.1) is 0 Å². The molecule has 3 atom stereocenters. The van der Waals surface area contributed by atoms with Gasteiger partial charge in [-0.05, 0) is 25.3 Å². The minimum atomic E-state index is -0.373. The van der Waals surface area contributed by atoms with Crippen LogP contribution in [-0.2, 0) is 0 Å². The van der Waals surface area contributed by atoms with E-state index < -0.39 is 0 Å². The Bertz CT molecular complexity index is 150. The summed E-state index contributed by atoms with van der Waals surface area (Å²) in [5.41, 5.74) is 22.9. The fourth-order valence-corrected chi connectivity index (χ4v) is 2.01. The Morgan fingerprint density at radius 2 is 2.00 bits per heavy atom. The second-order valence-electron chi connectivity index (χ2n) is 3.85. The van der Waals surface area contributed by atoms with Crippen molar-refractivity contribution in [2.24, 2.45) is 28.9 Å². The second-order valence-corrected chi connectivity index (χ2v) is 3.85. The molecule has 0 aliphatic heterocycles. The van der Waals surface area contributed by atoms with Crippen LogP contribution in [0.4, 0.5) is 0 Å². The Labute approximate surface area is 73.6 Å². The summed E-state index contributed by atoms with van der Waals surface area (Å²) in [7, 11) is 0. The van der Waals surface area contributed by atoms with Crippen LogP contribution in [-0.4, -0.2) is 24.7 Å². The standard InChI is InChI=1S/C8H20N4/c9-4-6-2-1-3-8(12,5-10)7(6)11/h6-7H,1-5,9-12H2. The summed E-state index contributed by atoms with van der Waals surface area (Å²) in [6, 6.07) is -0.0266. The van der Waals surface area contributed by atoms with Crippen molar-refractivity contribution >= 4 is 0 Å². The summed E-state index contributed by atoms with van der Waals surface area (Å²) < 4.78 is 0. The smallest absolute Gasteiger partial charge is 0.0435 e. The van der Waals surface area contributed by atoms with Gasteiger partial charge in [0.15, 0.2) is 0 Å². The van der Waals surface area contributed by atoms with Crippen LogP contribution in [0.2, 0.25) is 0 Å². The van der Waals surface area contributed by atoms with E-state index in [0.29, 0.717) is 19.0 Å². The zero-order valence-corrected chi connectivity index (χ0v) is 7.50. The zero-order valence-electron chi connectivity index (χ0n) is 7.50. The Balaban J connectivity index is 2.65. The molecule has 3 unspecified atom stereocenters. The van der Waals surface area contributed by atoms with E-state index >= 15 is 0 Å². The highest BCUT2D eigenvalue weighted by molar-refractivity contribution is 5.01. The van der Waals surface area contributed by atoms with Crippen molar-refractivity contribution in [1.29, 1.82) is 0 Å². The number of hydrogen-bond acceptors (Lipinski definition) is 4. The van der Waals surface area contributed by atoms with Crippen LogP contribution >= 0.6 is 0 Å². The van der Waals surface area contributed by atoms with E-state index in [9.17, 15) is 0 Å². The lowest BCUT2D eigenvalue weighted by Crippen LogP contribution is -2.65. The van der Waals surface area contributed by atoms with Gasteiger partial charge in [-0.2, -0.15) is 0 Å². The van der Waals surface area contributed by atoms with Crippen LogP contribution in [0.5, 0.6) is 0 Å². The first kappa shape index (κ1) is 9.92. The quantitative estimate of drug-likeness (QED) is 0.417. The maximum atomic E-state index is 6.06. The molecule has 0 radical (unpaired) electrons. The molecular weight excluding hydrogens is 152 g/mol. The van der Waals surface area contributed by atoms with Crippen molar-refractivity contribution < 1.29 is 0 Å². The topological polar surface area (TPSA) is 104 Å². The Hall–Kier alpha value is -0.160. The molecule has 8 N–H and O–H groups in total. The Morgan fingerprint density at radius 3 is 2.50 bits per heavy atom. The third-order valence-electron chi connectivity index (χ3n) is 3.07. The largest absolute Gasteiger partial charge is 0.330 e. The Morgan fingerprint density at radius 1 is 1.33 bits per heavy atom. The highest BCUT2D eigenvalue weighted by Crippen LogP contribution is 2.28. The summed E-state index contributed by atoms with van der Waals surface area (Å²) in [6.07, 6.45) is 3.13. The highest BCUT2D eigenvalue weighted by Gasteiger charge is 2.38. The van der Waals surface area contributed by atoms with Crippen LogP contribution in [0.25, 0.3) is 0 Å². The van der Waals surface area contributed by atoms with Gasteiger partial charge in [0.25, 0.3) is 0 Å². The lowest BCUT2D eigenvalue weighted by molar-refractivity contribution is 0.192. The first-order valence-electron chi connectivity index (χ1n) is 4.58. The van der Waals surface area contributed by atoms with Crippen LogP contribution in [0.3, 0.4) is 0 Å². The molecule has 0 aromatic rings. The maximum Gasteiger partial charge on any atom is 0.0435 e. The lowest BCUT2D eigenvalue weighted by Gasteiger charge is -2.42. The molecule has 0 spiro atoms. The molecule has 72 valence electrons. The van der Waals surface area contributed by atoms with E-state index in [0.717, 1.165) is 19.3 Å². The van der Waals surface area contributed by atoms with Gasteiger partial charge < -0.3 is 22.9 Å². The van der Waals surface area contributed by atoms with Gasteiger partial charge in [-0.3, -0.25) is 0 Å². The Kier molecular flexibility index (Phi) is 3.06. The molecule has 12 heavy (non-hydrogen) atoms. The number of nitrogens with two attached hydrogens (primary N) is 4. The molecule has 1 aliphatic carbocycles. The van der Waals surface area contributed by atoms with E-state index in [4.69, 9.17) is 22.9 Å². The second kappa shape index (κ2) is 3.70. The van der Waals surface area contributed by atoms with Crippen molar-refractivity contribution in [3.63, 3.8) is 0 Å². The number of hydrogen-bond donors (Lipinski definition) is 4. The summed E-state index contributed by atoms with van der Waals surface area (Å²) >= 11 is 0. The fraction of sp³-hybridized carbons (Fsp3) is 1.00. The van der Waals surface area contributed by atoms with Crippen molar-refractivity contribution in [1.82, 2.24) is 0 Å². The van der Waals surface area contributed by atoms with E-state index in [-0.39, 0.29) is 11.6 Å². The van der Waals surface area contributed by atoms with Crippen LogP contribution in [0.15, 0.2) is 0 Å². The molecule has 0 aromatic carbocycles. The van der Waals surface area contributed by atoms with Gasteiger partial charge in [0.2, 0.25) is 0 Å². The molecule has 0 bridgehead atoms. The van der Waals surface area contributed by atoms with Crippen LogP contribution in [0, 0.1) is 5.92 Å². The van der Waals surface area contributed by atoms with Crippen molar-refractivity contribution in [2.45, 2.75) is 30.8 Å². The molecule has 0 heterocycles. The maximum absolute atomic E-state index is 6.06. The van der Waals surface area contributed by atoms with E-state index in [2.05, 4.69) is 0 Å². The molecule has 4 heteroatoms. The molecule has 0 saturated heterocycles.